The van der Waals surface area contributed by atoms with Crippen LogP contribution in [0.2, 0.25) is 0 Å². The van der Waals surface area contributed by atoms with E-state index in [1.54, 1.807) is 6.20 Å². The number of benzene rings is 1. The van der Waals surface area contributed by atoms with Crippen LogP contribution in [0.5, 0.6) is 0 Å². The summed E-state index contributed by atoms with van der Waals surface area (Å²) < 4.78 is 5.91. The number of pyridine rings is 1. The van der Waals surface area contributed by atoms with Gasteiger partial charge in [-0.2, -0.15) is 0 Å². The zero-order valence-electron chi connectivity index (χ0n) is 12.7. The standard InChI is InChI=1S/C18H20N2O2/c1-12-8-15-11-20(7-6-17(15)22-12)18(21)14-9-13-4-2-3-5-16(13)19-10-14/h2-5,9-10,12,15,17H,6-8,11H2,1H3/t12-,15-,17-/m0/s1. The smallest absolute Gasteiger partial charge is 0.255 e. The van der Waals surface area contributed by atoms with Gasteiger partial charge in [0.15, 0.2) is 0 Å². The third-order valence-corrected chi connectivity index (χ3v) is 4.83. The van der Waals surface area contributed by atoms with Crippen LogP contribution in [-0.2, 0) is 4.74 Å². The molecule has 4 nitrogen and oxygen atoms in total. The first-order valence-electron chi connectivity index (χ1n) is 8.00. The third-order valence-electron chi connectivity index (χ3n) is 4.83. The zero-order valence-corrected chi connectivity index (χ0v) is 12.7. The van der Waals surface area contributed by atoms with Crippen molar-refractivity contribution in [3.63, 3.8) is 0 Å². The van der Waals surface area contributed by atoms with Crippen molar-refractivity contribution in [1.82, 2.24) is 9.88 Å². The maximum Gasteiger partial charge on any atom is 0.255 e. The van der Waals surface area contributed by atoms with Crippen LogP contribution < -0.4 is 0 Å². The summed E-state index contributed by atoms with van der Waals surface area (Å²) in [5.41, 5.74) is 1.61. The lowest BCUT2D eigenvalue weighted by Crippen LogP contribution is -2.44. The van der Waals surface area contributed by atoms with Crippen molar-refractivity contribution in [3.8, 4) is 0 Å². The SMILES string of the molecule is C[C@H]1C[C@H]2CN(C(=O)c3cnc4ccccc4c3)CC[C@@H]2O1. The van der Waals surface area contributed by atoms with Gasteiger partial charge in [0.05, 0.1) is 23.3 Å². The van der Waals surface area contributed by atoms with Crippen LogP contribution in [0.25, 0.3) is 10.9 Å². The lowest BCUT2D eigenvalue weighted by atomic mass is 9.92. The Balaban J connectivity index is 1.55. The van der Waals surface area contributed by atoms with Gasteiger partial charge in [0.25, 0.3) is 5.91 Å². The number of rotatable bonds is 1. The fourth-order valence-electron chi connectivity index (χ4n) is 3.75. The first kappa shape index (κ1) is 13.7. The Morgan fingerprint density at radius 3 is 3.14 bits per heavy atom. The molecule has 4 rings (SSSR count). The van der Waals surface area contributed by atoms with Crippen LogP contribution in [0, 0.1) is 5.92 Å². The Kier molecular flexibility index (Phi) is 3.34. The molecule has 2 aromatic rings. The van der Waals surface area contributed by atoms with Gasteiger partial charge in [-0.25, -0.2) is 0 Å². The van der Waals surface area contributed by atoms with E-state index in [1.807, 2.05) is 35.2 Å². The Morgan fingerprint density at radius 2 is 2.23 bits per heavy atom. The predicted molar refractivity (Wildman–Crippen MR) is 84.7 cm³/mol. The minimum absolute atomic E-state index is 0.0938. The number of aromatic nitrogens is 1. The molecule has 1 amide bonds. The molecule has 0 aliphatic carbocycles. The average molecular weight is 296 g/mol. The van der Waals surface area contributed by atoms with Gasteiger partial charge in [-0.05, 0) is 31.9 Å². The van der Waals surface area contributed by atoms with E-state index >= 15 is 0 Å². The van der Waals surface area contributed by atoms with Crippen LogP contribution in [0.15, 0.2) is 36.5 Å². The highest BCUT2D eigenvalue weighted by Crippen LogP contribution is 2.33. The van der Waals surface area contributed by atoms with E-state index in [9.17, 15) is 4.79 Å². The van der Waals surface area contributed by atoms with E-state index in [0.29, 0.717) is 23.7 Å². The van der Waals surface area contributed by atoms with Gasteiger partial charge in [0, 0.05) is 30.6 Å². The maximum absolute atomic E-state index is 12.8. The molecular weight excluding hydrogens is 276 g/mol. The van der Waals surface area contributed by atoms with Gasteiger partial charge in [-0.1, -0.05) is 18.2 Å². The van der Waals surface area contributed by atoms with Crippen LogP contribution in [0.1, 0.15) is 30.1 Å². The van der Waals surface area contributed by atoms with Crippen molar-refractivity contribution in [3.05, 3.63) is 42.1 Å². The van der Waals surface area contributed by atoms with E-state index in [2.05, 4.69) is 11.9 Å². The molecule has 3 heterocycles. The van der Waals surface area contributed by atoms with Crippen LogP contribution in [0.4, 0.5) is 0 Å². The number of carbonyl (C=O) groups excluding carboxylic acids is 1. The maximum atomic E-state index is 12.8. The number of para-hydroxylation sites is 1. The summed E-state index contributed by atoms with van der Waals surface area (Å²) in [6.07, 6.45) is 4.37. The van der Waals surface area contributed by atoms with Gasteiger partial charge in [-0.3, -0.25) is 9.78 Å². The molecule has 4 heteroatoms. The van der Waals surface area contributed by atoms with E-state index in [-0.39, 0.29) is 5.91 Å². The van der Waals surface area contributed by atoms with Crippen molar-refractivity contribution in [2.24, 2.45) is 5.92 Å². The Bertz CT molecular complexity index is 715. The molecule has 2 aliphatic rings. The average Bonchev–Trinajstić information content (AvgIpc) is 2.92. The van der Waals surface area contributed by atoms with E-state index < -0.39 is 0 Å². The van der Waals surface area contributed by atoms with Gasteiger partial charge >= 0.3 is 0 Å². The summed E-state index contributed by atoms with van der Waals surface area (Å²) in [5.74, 6) is 0.581. The summed E-state index contributed by atoms with van der Waals surface area (Å²) in [5, 5.41) is 1.01. The third kappa shape index (κ3) is 2.37. The largest absolute Gasteiger partial charge is 0.375 e. The number of likely N-dealkylation sites (tertiary alicyclic amines) is 1. The number of hydrogen-bond donors (Lipinski definition) is 0. The van der Waals surface area contributed by atoms with Crippen LogP contribution in [0.3, 0.4) is 0 Å². The number of carbonyl (C=O) groups is 1. The first-order valence-corrected chi connectivity index (χ1v) is 8.00. The van der Waals surface area contributed by atoms with Gasteiger partial charge in [0.2, 0.25) is 0 Å². The summed E-state index contributed by atoms with van der Waals surface area (Å²) in [6.45, 7) is 3.71. The fraction of sp³-hybridized carbons (Fsp3) is 0.444. The lowest BCUT2D eigenvalue weighted by molar-refractivity contribution is 0.00865. The quantitative estimate of drug-likeness (QED) is 0.812. The Labute approximate surface area is 130 Å². The molecular formula is C18H20N2O2. The second-order valence-electron chi connectivity index (χ2n) is 6.44. The van der Waals surface area contributed by atoms with Crippen LogP contribution >= 0.6 is 0 Å². The lowest BCUT2D eigenvalue weighted by Gasteiger charge is -2.34. The number of nitrogens with zero attached hydrogens (tertiary/aromatic N) is 2. The molecule has 0 unspecified atom stereocenters. The molecule has 0 bridgehead atoms. The molecule has 0 N–H and O–H groups in total. The highest BCUT2D eigenvalue weighted by atomic mass is 16.5. The van der Waals surface area contributed by atoms with Crippen molar-refractivity contribution < 1.29 is 9.53 Å². The molecule has 1 aromatic carbocycles. The molecule has 114 valence electrons. The summed E-state index contributed by atoms with van der Waals surface area (Å²) in [6, 6.07) is 9.85. The summed E-state index contributed by atoms with van der Waals surface area (Å²) >= 11 is 0. The van der Waals surface area contributed by atoms with Gasteiger partial charge in [0.1, 0.15) is 0 Å². The highest BCUT2D eigenvalue weighted by Gasteiger charge is 2.38. The Morgan fingerprint density at radius 1 is 1.36 bits per heavy atom. The predicted octanol–water partition coefficient (Wildman–Crippen LogP) is 2.87. The number of piperidine rings is 1. The Hall–Kier alpha value is -1.94. The normalized spacial score (nSPS) is 27.9. The number of ether oxygens (including phenoxy) is 1. The molecule has 3 atom stereocenters. The van der Waals surface area contributed by atoms with Crippen molar-refractivity contribution in [2.75, 3.05) is 13.1 Å². The second kappa shape index (κ2) is 5.36. The van der Waals surface area contributed by atoms with Gasteiger partial charge < -0.3 is 9.64 Å². The molecule has 0 saturated carbocycles. The fourth-order valence-corrected chi connectivity index (χ4v) is 3.75. The summed E-state index contributed by atoms with van der Waals surface area (Å²) in [4.78, 5) is 19.1. The van der Waals surface area contributed by atoms with E-state index in [0.717, 1.165) is 36.8 Å². The first-order chi connectivity index (χ1) is 10.7. The second-order valence-corrected chi connectivity index (χ2v) is 6.44. The van der Waals surface area contributed by atoms with E-state index in [1.165, 1.54) is 0 Å². The number of amides is 1. The monoisotopic (exact) mass is 296 g/mol. The molecule has 0 spiro atoms. The minimum atomic E-state index is 0.0938. The van der Waals surface area contributed by atoms with Crippen molar-refractivity contribution >= 4 is 16.8 Å². The molecule has 2 aliphatic heterocycles. The van der Waals surface area contributed by atoms with Crippen molar-refractivity contribution in [1.29, 1.82) is 0 Å². The molecule has 1 aromatic heterocycles. The number of hydrogen-bond acceptors (Lipinski definition) is 3. The van der Waals surface area contributed by atoms with Crippen LogP contribution in [-0.4, -0.2) is 41.1 Å². The summed E-state index contributed by atoms with van der Waals surface area (Å²) in [7, 11) is 0. The van der Waals surface area contributed by atoms with E-state index in [4.69, 9.17) is 4.74 Å². The van der Waals surface area contributed by atoms with Gasteiger partial charge in [-0.15, -0.1) is 0 Å². The minimum Gasteiger partial charge on any atom is -0.375 e. The topological polar surface area (TPSA) is 42.4 Å². The molecule has 0 radical (unpaired) electrons. The zero-order chi connectivity index (χ0) is 15.1. The number of fused-ring (bicyclic) bond motifs is 2. The van der Waals surface area contributed by atoms with Crippen molar-refractivity contribution in [2.45, 2.75) is 32.0 Å². The highest BCUT2D eigenvalue weighted by molar-refractivity contribution is 5.97. The molecule has 2 fully saturated rings. The molecule has 22 heavy (non-hydrogen) atoms. The molecule has 2 saturated heterocycles.